The summed E-state index contributed by atoms with van der Waals surface area (Å²) in [5.41, 5.74) is 2.85. The molecule has 0 saturated carbocycles. The van der Waals surface area contributed by atoms with E-state index in [0.717, 1.165) is 16.8 Å². The highest BCUT2D eigenvalue weighted by molar-refractivity contribution is 5.82. The maximum atomic E-state index is 13.7. The van der Waals surface area contributed by atoms with Crippen LogP contribution in [-0.4, -0.2) is 71.8 Å². The van der Waals surface area contributed by atoms with Crippen LogP contribution >= 0.6 is 0 Å². The number of carbonyl (C=O) groups is 2. The van der Waals surface area contributed by atoms with E-state index >= 15 is 0 Å². The number of fused-ring (bicyclic) bond motifs is 3. The predicted octanol–water partition coefficient (Wildman–Crippen LogP) is 2.44. The minimum Gasteiger partial charge on any atom is -0.365 e. The lowest BCUT2D eigenvalue weighted by Crippen LogP contribution is -2.62. The number of anilines is 1. The third kappa shape index (κ3) is 5.62. The molecular weight excluding hydrogens is 446 g/mol. The fraction of sp³-hybridized carbons (Fsp3) is 0.462. The molecule has 2 heterocycles. The topological polar surface area (TPSA) is 99.0 Å². The zero-order chi connectivity index (χ0) is 25.1. The van der Waals surface area contributed by atoms with Crippen molar-refractivity contribution < 1.29 is 14.5 Å². The monoisotopic (exact) mass is 479 g/mol. The number of nitro benzene ring substituents is 1. The molecule has 4 rings (SSSR count). The van der Waals surface area contributed by atoms with Crippen molar-refractivity contribution in [2.24, 2.45) is 5.92 Å². The van der Waals surface area contributed by atoms with Crippen molar-refractivity contribution in [1.29, 1.82) is 0 Å². The summed E-state index contributed by atoms with van der Waals surface area (Å²) in [6.07, 6.45) is 0.433. The second-order valence-corrected chi connectivity index (χ2v) is 9.78. The van der Waals surface area contributed by atoms with Gasteiger partial charge in [0.15, 0.2) is 0 Å². The second kappa shape index (κ2) is 10.4. The predicted molar refractivity (Wildman–Crippen MR) is 134 cm³/mol. The molecule has 186 valence electrons. The van der Waals surface area contributed by atoms with Crippen molar-refractivity contribution in [1.82, 2.24) is 15.1 Å². The SMILES string of the molecule is CC(C)NC(=O)CN1CCN2c3ccc([N+](=O)[O-])cc3CC(C(=O)N(C)Cc3ccccc3)C2C1. The number of amides is 2. The van der Waals surface area contributed by atoms with Gasteiger partial charge in [0, 0.05) is 57.1 Å². The first-order valence-corrected chi connectivity index (χ1v) is 12.1. The molecule has 2 unspecified atom stereocenters. The largest absolute Gasteiger partial charge is 0.365 e. The number of hydrogen-bond acceptors (Lipinski definition) is 6. The number of benzene rings is 2. The minimum absolute atomic E-state index is 0.00879. The van der Waals surface area contributed by atoms with Crippen LogP contribution in [0.3, 0.4) is 0 Å². The van der Waals surface area contributed by atoms with Crippen LogP contribution in [0.4, 0.5) is 11.4 Å². The molecule has 0 aliphatic carbocycles. The Bertz CT molecular complexity index is 1090. The number of nitrogens with zero attached hydrogens (tertiary/aromatic N) is 4. The Hall–Kier alpha value is -3.46. The van der Waals surface area contributed by atoms with Gasteiger partial charge in [-0.05, 0) is 37.5 Å². The first kappa shape index (κ1) is 24.7. The molecule has 0 bridgehead atoms. The van der Waals surface area contributed by atoms with Crippen molar-refractivity contribution in [2.75, 3.05) is 38.1 Å². The number of carbonyl (C=O) groups excluding carboxylic acids is 2. The molecule has 2 aliphatic heterocycles. The highest BCUT2D eigenvalue weighted by atomic mass is 16.6. The van der Waals surface area contributed by atoms with Crippen LogP contribution in [-0.2, 0) is 22.6 Å². The van der Waals surface area contributed by atoms with Crippen molar-refractivity contribution in [3.05, 3.63) is 69.8 Å². The normalized spacial score (nSPS) is 19.6. The Morgan fingerprint density at radius 3 is 2.60 bits per heavy atom. The van der Waals surface area contributed by atoms with Crippen LogP contribution in [0.2, 0.25) is 0 Å². The van der Waals surface area contributed by atoms with Gasteiger partial charge in [0.05, 0.1) is 23.4 Å². The smallest absolute Gasteiger partial charge is 0.269 e. The highest BCUT2D eigenvalue weighted by Gasteiger charge is 2.43. The first-order valence-electron chi connectivity index (χ1n) is 12.1. The summed E-state index contributed by atoms with van der Waals surface area (Å²) in [6.45, 7) is 6.56. The number of nitro groups is 1. The van der Waals surface area contributed by atoms with E-state index < -0.39 is 4.92 Å². The van der Waals surface area contributed by atoms with Gasteiger partial charge in [0.25, 0.3) is 5.69 Å². The van der Waals surface area contributed by atoms with Gasteiger partial charge in [0.2, 0.25) is 11.8 Å². The van der Waals surface area contributed by atoms with Crippen LogP contribution in [0.15, 0.2) is 48.5 Å². The molecule has 9 nitrogen and oxygen atoms in total. The maximum absolute atomic E-state index is 13.7. The van der Waals surface area contributed by atoms with E-state index in [4.69, 9.17) is 0 Å². The molecule has 1 saturated heterocycles. The Morgan fingerprint density at radius 1 is 1.17 bits per heavy atom. The van der Waals surface area contributed by atoms with Gasteiger partial charge in [-0.15, -0.1) is 0 Å². The van der Waals surface area contributed by atoms with Gasteiger partial charge >= 0.3 is 0 Å². The number of rotatable bonds is 7. The molecular formula is C26H33N5O4. The first-order chi connectivity index (χ1) is 16.7. The second-order valence-electron chi connectivity index (χ2n) is 9.78. The van der Waals surface area contributed by atoms with Gasteiger partial charge in [-0.25, -0.2) is 0 Å². The molecule has 35 heavy (non-hydrogen) atoms. The van der Waals surface area contributed by atoms with Crippen LogP contribution < -0.4 is 10.2 Å². The lowest BCUT2D eigenvalue weighted by Gasteiger charge is -2.49. The van der Waals surface area contributed by atoms with Gasteiger partial charge in [-0.1, -0.05) is 30.3 Å². The summed E-state index contributed by atoms with van der Waals surface area (Å²) in [4.78, 5) is 43.2. The van der Waals surface area contributed by atoms with E-state index in [-0.39, 0.29) is 42.0 Å². The number of nitrogens with one attached hydrogen (secondary N) is 1. The molecule has 2 atom stereocenters. The molecule has 0 aromatic heterocycles. The quantitative estimate of drug-likeness (QED) is 0.484. The minimum atomic E-state index is -0.393. The summed E-state index contributed by atoms with van der Waals surface area (Å²) >= 11 is 0. The van der Waals surface area contributed by atoms with Crippen LogP contribution in [0.5, 0.6) is 0 Å². The average Bonchev–Trinajstić information content (AvgIpc) is 2.82. The lowest BCUT2D eigenvalue weighted by atomic mass is 9.82. The van der Waals surface area contributed by atoms with Gasteiger partial charge in [-0.3, -0.25) is 24.6 Å². The molecule has 9 heteroatoms. The summed E-state index contributed by atoms with van der Waals surface area (Å²) < 4.78 is 0. The molecule has 1 N–H and O–H groups in total. The van der Waals surface area contributed by atoms with Crippen molar-refractivity contribution in [3.8, 4) is 0 Å². The van der Waals surface area contributed by atoms with Crippen molar-refractivity contribution in [2.45, 2.75) is 38.9 Å². The Morgan fingerprint density at radius 2 is 1.91 bits per heavy atom. The maximum Gasteiger partial charge on any atom is 0.269 e. The zero-order valence-corrected chi connectivity index (χ0v) is 20.5. The average molecular weight is 480 g/mol. The fourth-order valence-corrected chi connectivity index (χ4v) is 5.20. The van der Waals surface area contributed by atoms with Crippen molar-refractivity contribution in [3.63, 3.8) is 0 Å². The van der Waals surface area contributed by atoms with Crippen molar-refractivity contribution >= 4 is 23.2 Å². The van der Waals surface area contributed by atoms with E-state index in [2.05, 4.69) is 15.1 Å². The lowest BCUT2D eigenvalue weighted by molar-refractivity contribution is -0.384. The Labute approximate surface area is 205 Å². The zero-order valence-electron chi connectivity index (χ0n) is 20.5. The number of hydrogen-bond donors (Lipinski definition) is 1. The summed E-state index contributed by atoms with van der Waals surface area (Å²) in [7, 11) is 1.80. The summed E-state index contributed by atoms with van der Waals surface area (Å²) in [5.74, 6) is -0.381. The third-order valence-electron chi connectivity index (χ3n) is 6.76. The Kier molecular flexibility index (Phi) is 7.35. The molecule has 0 spiro atoms. The fourth-order valence-electron chi connectivity index (χ4n) is 5.20. The van der Waals surface area contributed by atoms with E-state index in [1.807, 2.05) is 44.2 Å². The molecule has 2 aliphatic rings. The summed E-state index contributed by atoms with van der Waals surface area (Å²) in [6, 6.07) is 14.7. The molecule has 0 radical (unpaired) electrons. The highest BCUT2D eigenvalue weighted by Crippen LogP contribution is 2.38. The van der Waals surface area contributed by atoms with Crippen LogP contribution in [0.1, 0.15) is 25.0 Å². The van der Waals surface area contributed by atoms with Gasteiger partial charge in [-0.2, -0.15) is 0 Å². The van der Waals surface area contributed by atoms with Gasteiger partial charge in [0.1, 0.15) is 0 Å². The molecule has 2 aromatic rings. The van der Waals surface area contributed by atoms with E-state index in [1.54, 1.807) is 24.1 Å². The summed E-state index contributed by atoms with van der Waals surface area (Å²) in [5, 5.41) is 14.3. The third-order valence-corrected chi connectivity index (χ3v) is 6.76. The van der Waals surface area contributed by atoms with E-state index in [1.165, 1.54) is 6.07 Å². The van der Waals surface area contributed by atoms with Crippen LogP contribution in [0.25, 0.3) is 0 Å². The number of piperazine rings is 1. The molecule has 2 aromatic carbocycles. The molecule has 1 fully saturated rings. The number of non-ortho nitro benzene ring substituents is 1. The standard InChI is InChI=1S/C26H33N5O4/c1-18(2)27-25(32)17-29-11-12-30-23-10-9-21(31(34)35)13-20(23)14-22(24(30)16-29)26(33)28(3)15-19-7-5-4-6-8-19/h4-10,13,18,22,24H,11-12,14-17H2,1-3H3,(H,27,32). The van der Waals surface area contributed by atoms with E-state index in [0.29, 0.717) is 32.6 Å². The van der Waals surface area contributed by atoms with Gasteiger partial charge < -0.3 is 15.1 Å². The van der Waals surface area contributed by atoms with Crippen LogP contribution in [0, 0.1) is 16.0 Å². The Balaban J connectivity index is 1.59. The van der Waals surface area contributed by atoms with E-state index in [9.17, 15) is 19.7 Å². The molecule has 2 amide bonds.